The number of rotatable bonds is 35. The summed E-state index contributed by atoms with van der Waals surface area (Å²) in [6, 6.07) is 0. The normalized spacial score (nSPS) is 16.3. The van der Waals surface area contributed by atoms with E-state index in [0.717, 1.165) is 0 Å². The third-order valence-electron chi connectivity index (χ3n) is 11.7. The Morgan fingerprint density at radius 2 is 0.395 bits per heavy atom. The van der Waals surface area contributed by atoms with Crippen molar-refractivity contribution < 1.29 is 169 Å². The maximum absolute atomic E-state index is 14.1. The predicted molar refractivity (Wildman–Crippen MR) is 187 cm³/mol. The fourth-order valence-corrected chi connectivity index (χ4v) is 6.89. The molecule has 2 N–H and O–H groups in total. The van der Waals surface area contributed by atoms with Gasteiger partial charge in [-0.3, -0.25) is 9.59 Å². The Morgan fingerprint density at radius 3 is 0.579 bits per heavy atom. The fourth-order valence-electron chi connectivity index (χ4n) is 6.89. The van der Waals surface area contributed by atoms with Gasteiger partial charge >= 0.3 is 107 Å². The Hall–Kier alpha value is -3.44. The van der Waals surface area contributed by atoms with Crippen LogP contribution < -0.4 is 0 Å². The molecule has 38 heteroatoms. The first-order chi connectivity index (χ1) is 33.3. The molecular weight excluding hydrogens is 1170 g/mol. The molecule has 0 aromatic carbocycles. The Bertz CT molecular complexity index is 1740. The number of halogens is 34. The Balaban J connectivity index is 5.21. The first-order valence-corrected chi connectivity index (χ1v) is 21.2. The van der Waals surface area contributed by atoms with E-state index in [2.05, 4.69) is 0 Å². The van der Waals surface area contributed by atoms with Crippen molar-refractivity contribution in [3.05, 3.63) is 0 Å². The molecule has 2 atom stereocenters. The van der Waals surface area contributed by atoms with Crippen molar-refractivity contribution in [1.29, 1.82) is 0 Å². The lowest BCUT2D eigenvalue weighted by Gasteiger charge is -2.42. The van der Waals surface area contributed by atoms with E-state index in [4.69, 9.17) is 0 Å². The van der Waals surface area contributed by atoms with Crippen LogP contribution in [-0.2, 0) is 9.59 Å². The highest BCUT2D eigenvalue weighted by molar-refractivity contribution is 5.79. The number of alkyl halides is 34. The predicted octanol–water partition coefficient (Wildman–Crippen LogP) is 17.4. The first-order valence-electron chi connectivity index (χ1n) is 21.2. The zero-order valence-electron chi connectivity index (χ0n) is 37.4. The lowest BCUT2D eigenvalue weighted by molar-refractivity contribution is -0.461. The van der Waals surface area contributed by atoms with Crippen molar-refractivity contribution in [2.24, 2.45) is 11.8 Å². The zero-order chi connectivity index (χ0) is 61.0. The van der Waals surface area contributed by atoms with Crippen LogP contribution in [0.15, 0.2) is 0 Å². The van der Waals surface area contributed by atoms with Crippen LogP contribution in [0.2, 0.25) is 0 Å². The highest BCUT2D eigenvalue weighted by atomic mass is 19.4. The maximum atomic E-state index is 14.1. The van der Waals surface area contributed by atoms with Gasteiger partial charge in [0.1, 0.15) is 0 Å². The Kier molecular flexibility index (Phi) is 22.6. The molecule has 0 aliphatic heterocycles. The molecule has 4 nitrogen and oxygen atoms in total. The second-order valence-corrected chi connectivity index (χ2v) is 17.2. The number of carboxylic acids is 2. The van der Waals surface area contributed by atoms with Gasteiger partial charge in [-0.2, -0.15) is 149 Å². The average molecular weight is 1210 g/mol. The monoisotopic (exact) mass is 1210 g/mol. The summed E-state index contributed by atoms with van der Waals surface area (Å²) in [5.41, 5.74) is 0. The van der Waals surface area contributed by atoms with Gasteiger partial charge in [-0.05, 0) is 25.7 Å². The van der Waals surface area contributed by atoms with Crippen molar-refractivity contribution in [2.45, 2.75) is 211 Å². The van der Waals surface area contributed by atoms with Crippen LogP contribution in [0.4, 0.5) is 149 Å². The maximum Gasteiger partial charge on any atom is 0.460 e. The minimum absolute atomic E-state index is 0.0158. The smallest absolute Gasteiger partial charge is 0.460 e. The number of hydrogen-bond donors (Lipinski definition) is 2. The molecule has 2 unspecified atom stereocenters. The molecule has 0 heterocycles. The number of unbranched alkanes of at least 4 members (excludes halogenated alkanes) is 12. The second-order valence-electron chi connectivity index (χ2n) is 17.2. The lowest BCUT2D eigenvalue weighted by atomic mass is 9.84. The Labute approximate surface area is 404 Å². The van der Waals surface area contributed by atoms with E-state index in [1.807, 2.05) is 0 Å². The molecule has 76 heavy (non-hydrogen) atoms. The van der Waals surface area contributed by atoms with Gasteiger partial charge < -0.3 is 10.2 Å². The van der Waals surface area contributed by atoms with Crippen LogP contribution in [0.5, 0.6) is 0 Å². The molecular formula is C38H40F34O4. The molecule has 0 aliphatic carbocycles. The summed E-state index contributed by atoms with van der Waals surface area (Å²) in [5.74, 6) is -121. The summed E-state index contributed by atoms with van der Waals surface area (Å²) < 4.78 is 457. The van der Waals surface area contributed by atoms with E-state index in [0.29, 0.717) is 0 Å². The van der Waals surface area contributed by atoms with Crippen LogP contribution in [-0.4, -0.2) is 117 Å². The van der Waals surface area contributed by atoms with E-state index in [9.17, 15) is 169 Å². The van der Waals surface area contributed by atoms with E-state index in [1.54, 1.807) is 0 Å². The topological polar surface area (TPSA) is 74.6 Å². The second kappa shape index (κ2) is 23.7. The molecule has 0 aromatic rings. The van der Waals surface area contributed by atoms with E-state index < -0.39 is 170 Å². The highest BCUT2D eigenvalue weighted by Gasteiger charge is 2.97. The van der Waals surface area contributed by atoms with Gasteiger partial charge in [0, 0.05) is 12.8 Å². The van der Waals surface area contributed by atoms with Crippen molar-refractivity contribution in [2.75, 3.05) is 0 Å². The highest BCUT2D eigenvalue weighted by Crippen LogP contribution is 2.66. The van der Waals surface area contributed by atoms with Crippen LogP contribution in [0, 0.1) is 11.8 Å². The largest absolute Gasteiger partial charge is 0.481 e. The summed E-state index contributed by atoms with van der Waals surface area (Å²) in [5, 5.41) is 19.1. The fraction of sp³-hybridized carbons (Fsp3) is 0.947. The molecule has 0 spiro atoms. The molecule has 0 saturated heterocycles. The van der Waals surface area contributed by atoms with Crippen LogP contribution in [0.1, 0.15) is 116 Å². The SMILES string of the molecule is O=C(O)C(CCCCCCCCCC(F)(F)C(F)(F)C(F)(F)C(F)(F)C(F)(F)C(F)(F)C(F)(F)C(F)(F)F)C(CCCCCCCCCC(F)(F)C(F)(F)C(F)(F)C(F)(F)C(F)(F)C(F)(F)C(F)(F)C(F)(F)F)C(=O)O. The third-order valence-corrected chi connectivity index (χ3v) is 11.7. The zero-order valence-corrected chi connectivity index (χ0v) is 37.4. The van der Waals surface area contributed by atoms with Gasteiger partial charge in [0.15, 0.2) is 0 Å². The molecule has 0 radical (unpaired) electrons. The molecule has 0 rings (SSSR count). The number of hydrogen-bond acceptors (Lipinski definition) is 2. The van der Waals surface area contributed by atoms with Crippen LogP contribution in [0.3, 0.4) is 0 Å². The first kappa shape index (κ1) is 72.6. The van der Waals surface area contributed by atoms with Gasteiger partial charge in [-0.1, -0.05) is 77.0 Å². The molecule has 0 aromatic heterocycles. The van der Waals surface area contributed by atoms with Crippen molar-refractivity contribution in [3.63, 3.8) is 0 Å². The summed E-state index contributed by atoms with van der Waals surface area (Å²) in [6.07, 6.45) is -27.3. The van der Waals surface area contributed by atoms with E-state index in [-0.39, 0.29) is 64.2 Å². The summed E-state index contributed by atoms with van der Waals surface area (Å²) in [6.45, 7) is 0. The van der Waals surface area contributed by atoms with E-state index >= 15 is 0 Å². The minimum atomic E-state index is -8.77. The van der Waals surface area contributed by atoms with Gasteiger partial charge in [0.05, 0.1) is 11.8 Å². The van der Waals surface area contributed by atoms with Gasteiger partial charge in [0.2, 0.25) is 0 Å². The van der Waals surface area contributed by atoms with Gasteiger partial charge in [0.25, 0.3) is 0 Å². The number of carboxylic acid groups (broad SMARTS) is 2. The molecule has 0 fully saturated rings. The molecule has 0 bridgehead atoms. The van der Waals surface area contributed by atoms with Gasteiger partial charge in [-0.25, -0.2) is 0 Å². The number of carbonyl (C=O) groups is 2. The average Bonchev–Trinajstić information content (AvgIpc) is 3.23. The standard InChI is InChI=1S/C38H40F34O4/c39-23(40,25(43,44)27(47,48)29(51,52)31(55,56)33(59,60)35(63,64)37(67,68)69)17-13-9-5-1-3-7-11-15-19(21(73)74)20(22(75)76)16-12-8-4-2-6-10-14-18-24(41,42)26(45,46)28(49,50)30(53,54)32(57,58)34(61,62)36(65,66)38(70,71)72/h19-20H,1-18H2,(H,73,74)(H,75,76). The molecule has 0 amide bonds. The number of aliphatic carboxylic acids is 2. The lowest BCUT2D eigenvalue weighted by Crippen LogP contribution is -2.74. The van der Waals surface area contributed by atoms with Crippen LogP contribution in [0.25, 0.3) is 0 Å². The third kappa shape index (κ3) is 13.2. The minimum Gasteiger partial charge on any atom is -0.481 e. The van der Waals surface area contributed by atoms with Crippen molar-refractivity contribution >= 4 is 11.9 Å². The summed E-state index contributed by atoms with van der Waals surface area (Å²) >= 11 is 0. The van der Waals surface area contributed by atoms with Crippen molar-refractivity contribution in [1.82, 2.24) is 0 Å². The molecule has 454 valence electrons. The van der Waals surface area contributed by atoms with Crippen LogP contribution >= 0.6 is 0 Å². The quantitative estimate of drug-likeness (QED) is 0.0490. The summed E-state index contributed by atoms with van der Waals surface area (Å²) in [4.78, 5) is 23.7. The van der Waals surface area contributed by atoms with E-state index in [1.165, 1.54) is 0 Å². The van der Waals surface area contributed by atoms with Crippen molar-refractivity contribution in [3.8, 4) is 0 Å². The van der Waals surface area contributed by atoms with Gasteiger partial charge in [-0.15, -0.1) is 0 Å². The Morgan fingerprint density at radius 1 is 0.237 bits per heavy atom. The summed E-state index contributed by atoms with van der Waals surface area (Å²) in [7, 11) is 0. The molecule has 0 saturated carbocycles. The molecule has 0 aliphatic rings.